The molecule has 8 nitrogen and oxygen atoms in total. The Balaban J connectivity index is 1.47. The van der Waals surface area contributed by atoms with E-state index in [-0.39, 0.29) is 11.8 Å². The largest absolute Gasteiger partial charge is 0.356 e. The van der Waals surface area contributed by atoms with Crippen molar-refractivity contribution in [3.8, 4) is 5.82 Å². The summed E-state index contributed by atoms with van der Waals surface area (Å²) in [4.78, 5) is 27.3. The van der Waals surface area contributed by atoms with Crippen LogP contribution in [0.25, 0.3) is 5.82 Å². The molecule has 0 saturated carbocycles. The fourth-order valence-corrected chi connectivity index (χ4v) is 3.13. The molecule has 1 aliphatic rings. The lowest BCUT2D eigenvalue weighted by molar-refractivity contribution is -0.120. The molecule has 1 fully saturated rings. The fourth-order valence-electron chi connectivity index (χ4n) is 3.13. The zero-order valence-electron chi connectivity index (χ0n) is 14.2. The number of carbonyl (C=O) groups excluding carboxylic acids is 1. The second-order valence-electron chi connectivity index (χ2n) is 6.21. The highest BCUT2D eigenvalue weighted by atomic mass is 16.1. The topological polar surface area (TPSA) is 88.8 Å². The first kappa shape index (κ1) is 16.2. The van der Waals surface area contributed by atoms with E-state index in [1.165, 1.54) is 12.7 Å². The van der Waals surface area contributed by atoms with E-state index in [0.29, 0.717) is 12.4 Å². The average Bonchev–Trinajstić information content (AvgIpc) is 3.24. The highest BCUT2D eigenvalue weighted by Gasteiger charge is 2.27. The standard InChI is InChI=1S/C18H19N7O/c26-18(23-15-6-2-1-3-7-15)14-5-4-8-24(10-14)16-9-17(21-12-20-16)25-13-19-11-22-25/h1-3,6-7,9,11-14H,4-5,8,10H2,(H,23,26)/t14-/m1/s1. The van der Waals surface area contributed by atoms with Crippen LogP contribution in [0.2, 0.25) is 0 Å². The van der Waals surface area contributed by atoms with E-state index in [2.05, 4.69) is 30.3 Å². The molecule has 1 atom stereocenters. The molecule has 0 unspecified atom stereocenters. The lowest BCUT2D eigenvalue weighted by Gasteiger charge is -2.32. The highest BCUT2D eigenvalue weighted by Crippen LogP contribution is 2.23. The van der Waals surface area contributed by atoms with Crippen molar-refractivity contribution in [2.75, 3.05) is 23.3 Å². The first-order valence-corrected chi connectivity index (χ1v) is 8.57. The molecule has 1 aliphatic heterocycles. The third-order valence-corrected chi connectivity index (χ3v) is 4.45. The van der Waals surface area contributed by atoms with E-state index in [9.17, 15) is 4.79 Å². The maximum Gasteiger partial charge on any atom is 0.229 e. The molecule has 0 bridgehead atoms. The van der Waals surface area contributed by atoms with Crippen molar-refractivity contribution in [1.29, 1.82) is 0 Å². The molecule has 26 heavy (non-hydrogen) atoms. The Morgan fingerprint density at radius 2 is 1.96 bits per heavy atom. The third kappa shape index (κ3) is 3.53. The van der Waals surface area contributed by atoms with Crippen molar-refractivity contribution in [1.82, 2.24) is 24.7 Å². The summed E-state index contributed by atoms with van der Waals surface area (Å²) in [7, 11) is 0. The molecule has 8 heteroatoms. The Kier molecular flexibility index (Phi) is 4.55. The van der Waals surface area contributed by atoms with Gasteiger partial charge in [0.25, 0.3) is 0 Å². The number of aromatic nitrogens is 5. The number of carbonyl (C=O) groups is 1. The average molecular weight is 349 g/mol. The number of hydrogen-bond donors (Lipinski definition) is 1. The summed E-state index contributed by atoms with van der Waals surface area (Å²) in [6, 6.07) is 11.4. The van der Waals surface area contributed by atoms with Crippen LogP contribution >= 0.6 is 0 Å². The number of piperidine rings is 1. The Hall–Kier alpha value is -3.29. The molecular formula is C18H19N7O. The van der Waals surface area contributed by atoms with Crippen LogP contribution in [0.4, 0.5) is 11.5 Å². The van der Waals surface area contributed by atoms with Gasteiger partial charge in [0.1, 0.15) is 24.8 Å². The Morgan fingerprint density at radius 1 is 1.12 bits per heavy atom. The molecule has 0 spiro atoms. The molecule has 0 radical (unpaired) electrons. The third-order valence-electron chi connectivity index (χ3n) is 4.45. The van der Waals surface area contributed by atoms with E-state index in [1.807, 2.05) is 36.4 Å². The van der Waals surface area contributed by atoms with Crippen LogP contribution in [0.5, 0.6) is 0 Å². The number of hydrogen-bond acceptors (Lipinski definition) is 6. The molecule has 0 aliphatic carbocycles. The monoisotopic (exact) mass is 349 g/mol. The van der Waals surface area contributed by atoms with Crippen LogP contribution in [0.3, 0.4) is 0 Å². The zero-order chi connectivity index (χ0) is 17.8. The van der Waals surface area contributed by atoms with Crippen LogP contribution < -0.4 is 10.2 Å². The maximum atomic E-state index is 12.6. The normalized spacial score (nSPS) is 17.1. The predicted molar refractivity (Wildman–Crippen MR) is 97.0 cm³/mol. The second kappa shape index (κ2) is 7.30. The van der Waals surface area contributed by atoms with Crippen molar-refractivity contribution >= 4 is 17.4 Å². The van der Waals surface area contributed by atoms with E-state index in [0.717, 1.165) is 30.9 Å². The molecule has 1 N–H and O–H groups in total. The minimum atomic E-state index is -0.0752. The Morgan fingerprint density at radius 3 is 2.77 bits per heavy atom. The molecule has 2 aromatic heterocycles. The van der Waals surface area contributed by atoms with Crippen molar-refractivity contribution in [3.05, 3.63) is 55.4 Å². The maximum absolute atomic E-state index is 12.6. The summed E-state index contributed by atoms with van der Waals surface area (Å²) < 4.78 is 1.59. The lowest BCUT2D eigenvalue weighted by Crippen LogP contribution is -2.41. The fraction of sp³-hybridized carbons (Fsp3) is 0.278. The van der Waals surface area contributed by atoms with Gasteiger partial charge in [-0.25, -0.2) is 19.6 Å². The van der Waals surface area contributed by atoms with E-state index in [4.69, 9.17) is 0 Å². The summed E-state index contributed by atoms with van der Waals surface area (Å²) in [6.07, 6.45) is 6.39. The highest BCUT2D eigenvalue weighted by molar-refractivity contribution is 5.93. The van der Waals surface area contributed by atoms with Crippen molar-refractivity contribution in [2.24, 2.45) is 5.92 Å². The van der Waals surface area contributed by atoms with Crippen LogP contribution in [0, 0.1) is 5.92 Å². The molecule has 132 valence electrons. The van der Waals surface area contributed by atoms with Crippen LogP contribution in [0.1, 0.15) is 12.8 Å². The van der Waals surface area contributed by atoms with Gasteiger partial charge >= 0.3 is 0 Å². The van der Waals surface area contributed by atoms with Gasteiger partial charge in [-0.05, 0) is 25.0 Å². The SMILES string of the molecule is O=C(Nc1ccccc1)[C@@H]1CCCN(c2cc(-n3cncn3)ncn2)C1. The number of benzene rings is 1. The van der Waals surface area contributed by atoms with E-state index >= 15 is 0 Å². The molecular weight excluding hydrogens is 330 g/mol. The second-order valence-corrected chi connectivity index (χ2v) is 6.21. The molecule has 4 rings (SSSR count). The van der Waals surface area contributed by atoms with Gasteiger partial charge in [-0.1, -0.05) is 18.2 Å². The quantitative estimate of drug-likeness (QED) is 0.774. The van der Waals surface area contributed by atoms with Gasteiger partial charge in [0, 0.05) is 24.8 Å². The summed E-state index contributed by atoms with van der Waals surface area (Å²) in [5.41, 5.74) is 0.824. The van der Waals surface area contributed by atoms with Crippen molar-refractivity contribution < 1.29 is 4.79 Å². The minimum Gasteiger partial charge on any atom is -0.356 e. The first-order valence-electron chi connectivity index (χ1n) is 8.57. The minimum absolute atomic E-state index is 0.0476. The van der Waals surface area contributed by atoms with Gasteiger partial charge in [0.05, 0.1) is 5.92 Å². The summed E-state index contributed by atoms with van der Waals surface area (Å²) >= 11 is 0. The molecule has 1 saturated heterocycles. The van der Waals surface area contributed by atoms with E-state index in [1.54, 1.807) is 11.0 Å². The molecule has 1 aromatic carbocycles. The van der Waals surface area contributed by atoms with Gasteiger partial charge in [-0.3, -0.25) is 4.79 Å². The number of para-hydroxylation sites is 1. The summed E-state index contributed by atoms with van der Waals surface area (Å²) in [6.45, 7) is 1.50. The van der Waals surface area contributed by atoms with Gasteiger partial charge in [-0.2, -0.15) is 5.10 Å². The summed E-state index contributed by atoms with van der Waals surface area (Å²) in [5, 5.41) is 7.09. The Bertz CT molecular complexity index is 866. The predicted octanol–water partition coefficient (Wildman–Crippen LogP) is 1.91. The number of amides is 1. The van der Waals surface area contributed by atoms with Crippen LogP contribution in [-0.2, 0) is 4.79 Å². The zero-order valence-corrected chi connectivity index (χ0v) is 14.2. The van der Waals surface area contributed by atoms with Gasteiger partial charge in [0.2, 0.25) is 5.91 Å². The molecule has 3 aromatic rings. The van der Waals surface area contributed by atoms with Gasteiger partial charge < -0.3 is 10.2 Å². The Labute approximate surface area is 150 Å². The van der Waals surface area contributed by atoms with Gasteiger partial charge in [-0.15, -0.1) is 0 Å². The smallest absolute Gasteiger partial charge is 0.229 e. The van der Waals surface area contributed by atoms with Crippen LogP contribution in [0.15, 0.2) is 55.4 Å². The molecule has 3 heterocycles. The van der Waals surface area contributed by atoms with E-state index < -0.39 is 0 Å². The summed E-state index contributed by atoms with van der Waals surface area (Å²) in [5.74, 6) is 1.42. The van der Waals surface area contributed by atoms with Crippen molar-refractivity contribution in [3.63, 3.8) is 0 Å². The van der Waals surface area contributed by atoms with Crippen LogP contribution in [-0.4, -0.2) is 43.7 Å². The lowest BCUT2D eigenvalue weighted by atomic mass is 9.97. The van der Waals surface area contributed by atoms with Gasteiger partial charge in [0.15, 0.2) is 5.82 Å². The molecule has 1 amide bonds. The number of rotatable bonds is 4. The van der Waals surface area contributed by atoms with Crippen molar-refractivity contribution in [2.45, 2.75) is 12.8 Å². The number of anilines is 2. The number of nitrogens with one attached hydrogen (secondary N) is 1. The first-order chi connectivity index (χ1) is 12.8. The number of nitrogens with zero attached hydrogens (tertiary/aromatic N) is 6.